The van der Waals surface area contributed by atoms with Gasteiger partial charge in [-0.05, 0) is 42.7 Å². The van der Waals surface area contributed by atoms with E-state index in [1.165, 1.54) is 0 Å². The van der Waals surface area contributed by atoms with E-state index in [-0.39, 0.29) is 23.9 Å². The standard InChI is InChI=1S/C23H20N4O3/c1-13-21(14-7-9-16(30-2)10-8-14)23-25-24-22-18(27(23)26-13)11-15(12-20(22)29)17-5-3-4-6-19(17)28/h3-10,15,28H,11-12H2,1-2H3/t15-/m0/s1. The summed E-state index contributed by atoms with van der Waals surface area (Å²) in [5, 5.41) is 23.6. The van der Waals surface area contributed by atoms with E-state index in [2.05, 4.69) is 10.2 Å². The fraction of sp³-hybridized carbons (Fsp3) is 0.217. The lowest BCUT2D eigenvalue weighted by atomic mass is 9.83. The third kappa shape index (κ3) is 2.82. The number of phenolic OH excluding ortho intramolecular Hbond substituents is 1. The molecule has 0 spiro atoms. The first kappa shape index (κ1) is 18.3. The predicted octanol–water partition coefficient (Wildman–Crippen LogP) is 3.73. The maximum Gasteiger partial charge on any atom is 0.185 e. The first-order chi connectivity index (χ1) is 14.6. The van der Waals surface area contributed by atoms with Crippen LogP contribution in [-0.2, 0) is 6.42 Å². The average Bonchev–Trinajstić information content (AvgIpc) is 3.10. The summed E-state index contributed by atoms with van der Waals surface area (Å²) in [4.78, 5) is 12.8. The summed E-state index contributed by atoms with van der Waals surface area (Å²) in [6.07, 6.45) is 0.837. The van der Waals surface area contributed by atoms with Gasteiger partial charge in [0.1, 0.15) is 11.5 Å². The molecule has 0 aliphatic heterocycles. The number of benzene rings is 2. The summed E-state index contributed by atoms with van der Waals surface area (Å²) < 4.78 is 6.98. The Kier molecular flexibility index (Phi) is 4.24. The Morgan fingerprint density at radius 3 is 2.57 bits per heavy atom. The molecule has 5 rings (SSSR count). The van der Waals surface area contributed by atoms with Crippen LogP contribution in [0.1, 0.15) is 39.8 Å². The molecule has 0 radical (unpaired) electrons. The number of hydrogen-bond acceptors (Lipinski definition) is 6. The van der Waals surface area contributed by atoms with Crippen LogP contribution < -0.4 is 4.74 Å². The zero-order valence-electron chi connectivity index (χ0n) is 16.7. The second-order valence-corrected chi connectivity index (χ2v) is 7.51. The van der Waals surface area contributed by atoms with Crippen LogP contribution in [-0.4, -0.2) is 37.8 Å². The Bertz CT molecular complexity index is 1280. The van der Waals surface area contributed by atoms with Gasteiger partial charge in [-0.15, -0.1) is 10.2 Å². The van der Waals surface area contributed by atoms with Crippen molar-refractivity contribution in [1.82, 2.24) is 19.8 Å². The molecule has 1 aliphatic carbocycles. The lowest BCUT2D eigenvalue weighted by Crippen LogP contribution is -2.24. The number of para-hydroxylation sites is 1. The summed E-state index contributed by atoms with van der Waals surface area (Å²) in [5.74, 6) is 0.755. The number of ketones is 1. The number of aryl methyl sites for hydroxylation is 1. The Morgan fingerprint density at radius 2 is 1.83 bits per heavy atom. The van der Waals surface area contributed by atoms with E-state index < -0.39 is 0 Å². The number of hydrogen-bond donors (Lipinski definition) is 1. The SMILES string of the molecule is COc1ccc(-c2c(C)nn3c4c(nnc23)C(=O)C[C@@H](c2ccccc2O)C4)cc1. The fourth-order valence-electron chi connectivity index (χ4n) is 4.23. The molecule has 0 fully saturated rings. The number of nitrogens with zero attached hydrogens (tertiary/aromatic N) is 4. The molecule has 4 aromatic rings. The number of methoxy groups -OCH3 is 1. The molecule has 30 heavy (non-hydrogen) atoms. The van der Waals surface area contributed by atoms with Gasteiger partial charge < -0.3 is 9.84 Å². The van der Waals surface area contributed by atoms with Crippen molar-refractivity contribution in [2.45, 2.75) is 25.7 Å². The Hall–Kier alpha value is -3.74. The highest BCUT2D eigenvalue weighted by molar-refractivity contribution is 5.97. The summed E-state index contributed by atoms with van der Waals surface area (Å²) in [6.45, 7) is 1.92. The Morgan fingerprint density at radius 1 is 1.07 bits per heavy atom. The summed E-state index contributed by atoms with van der Waals surface area (Å²) >= 11 is 0. The molecular weight excluding hydrogens is 380 g/mol. The number of phenols is 1. The van der Waals surface area contributed by atoms with E-state index in [0.29, 0.717) is 17.8 Å². The molecule has 150 valence electrons. The molecule has 1 N–H and O–H groups in total. The van der Waals surface area contributed by atoms with Gasteiger partial charge in [-0.3, -0.25) is 4.79 Å². The first-order valence-electron chi connectivity index (χ1n) is 9.77. The number of aromatic hydroxyl groups is 1. The van der Waals surface area contributed by atoms with Crippen molar-refractivity contribution in [2.75, 3.05) is 7.11 Å². The minimum absolute atomic E-state index is 0.0851. The van der Waals surface area contributed by atoms with Crippen LogP contribution in [0.2, 0.25) is 0 Å². The zero-order valence-corrected chi connectivity index (χ0v) is 16.7. The molecule has 1 atom stereocenters. The second-order valence-electron chi connectivity index (χ2n) is 7.51. The Labute approximate surface area is 173 Å². The van der Waals surface area contributed by atoms with Crippen LogP contribution >= 0.6 is 0 Å². The van der Waals surface area contributed by atoms with Gasteiger partial charge in [0.05, 0.1) is 24.1 Å². The van der Waals surface area contributed by atoms with Crippen LogP contribution in [0.4, 0.5) is 0 Å². The second kappa shape index (κ2) is 6.95. The van der Waals surface area contributed by atoms with Crippen LogP contribution in [0.3, 0.4) is 0 Å². The molecule has 0 amide bonds. The molecule has 0 bridgehead atoms. The number of ether oxygens (including phenoxy) is 1. The number of carbonyl (C=O) groups excluding carboxylic acids is 1. The minimum Gasteiger partial charge on any atom is -0.508 e. The maximum atomic E-state index is 12.8. The molecule has 0 unspecified atom stereocenters. The van der Waals surface area contributed by atoms with E-state index in [4.69, 9.17) is 9.84 Å². The van der Waals surface area contributed by atoms with Crippen molar-refractivity contribution in [3.05, 3.63) is 71.2 Å². The van der Waals surface area contributed by atoms with Gasteiger partial charge in [0.15, 0.2) is 17.1 Å². The highest BCUT2D eigenvalue weighted by atomic mass is 16.5. The predicted molar refractivity (Wildman–Crippen MR) is 111 cm³/mol. The van der Waals surface area contributed by atoms with Crippen LogP contribution in [0.25, 0.3) is 16.8 Å². The smallest absolute Gasteiger partial charge is 0.185 e. The van der Waals surface area contributed by atoms with Gasteiger partial charge in [0.2, 0.25) is 0 Å². The fourth-order valence-corrected chi connectivity index (χ4v) is 4.23. The van der Waals surface area contributed by atoms with E-state index in [0.717, 1.165) is 33.8 Å². The van der Waals surface area contributed by atoms with Gasteiger partial charge in [-0.25, -0.2) is 4.52 Å². The van der Waals surface area contributed by atoms with E-state index >= 15 is 0 Å². The number of rotatable bonds is 3. The van der Waals surface area contributed by atoms with Gasteiger partial charge in [-0.2, -0.15) is 5.10 Å². The van der Waals surface area contributed by atoms with E-state index in [1.807, 2.05) is 43.3 Å². The van der Waals surface area contributed by atoms with Crippen molar-refractivity contribution < 1.29 is 14.6 Å². The van der Waals surface area contributed by atoms with Gasteiger partial charge >= 0.3 is 0 Å². The first-order valence-corrected chi connectivity index (χ1v) is 9.77. The van der Waals surface area contributed by atoms with Crippen LogP contribution in [0, 0.1) is 6.92 Å². The number of Topliss-reactive ketones (excluding diaryl/α,β-unsaturated/α-hetero) is 1. The quantitative estimate of drug-likeness (QED) is 0.564. The molecule has 1 aliphatic rings. The summed E-state index contributed by atoms with van der Waals surface area (Å²) in [5.41, 5.74) is 5.11. The molecule has 0 saturated carbocycles. The average molecular weight is 400 g/mol. The molecule has 2 aromatic heterocycles. The third-order valence-corrected chi connectivity index (χ3v) is 5.70. The van der Waals surface area contributed by atoms with Gasteiger partial charge in [0.25, 0.3) is 0 Å². The normalized spacial score (nSPS) is 15.9. The highest BCUT2D eigenvalue weighted by Crippen LogP contribution is 2.37. The topological polar surface area (TPSA) is 89.6 Å². The van der Waals surface area contributed by atoms with Crippen LogP contribution in [0.15, 0.2) is 48.5 Å². The zero-order chi connectivity index (χ0) is 20.8. The van der Waals surface area contributed by atoms with E-state index in [1.54, 1.807) is 23.8 Å². The van der Waals surface area contributed by atoms with Crippen molar-refractivity contribution in [2.24, 2.45) is 0 Å². The lowest BCUT2D eigenvalue weighted by molar-refractivity contribution is 0.0955. The summed E-state index contributed by atoms with van der Waals surface area (Å²) in [6, 6.07) is 14.9. The Balaban J connectivity index is 1.65. The molecular formula is C23H20N4O3. The maximum absolute atomic E-state index is 12.8. The minimum atomic E-state index is -0.132. The van der Waals surface area contributed by atoms with Gasteiger partial charge in [0, 0.05) is 12.3 Å². The molecule has 7 heteroatoms. The molecule has 2 aromatic carbocycles. The van der Waals surface area contributed by atoms with Crippen molar-refractivity contribution in [3.63, 3.8) is 0 Å². The number of fused-ring (bicyclic) bond motifs is 3. The third-order valence-electron chi connectivity index (χ3n) is 5.70. The number of aromatic nitrogens is 4. The molecule has 2 heterocycles. The highest BCUT2D eigenvalue weighted by Gasteiger charge is 2.32. The lowest BCUT2D eigenvalue weighted by Gasteiger charge is -2.23. The van der Waals surface area contributed by atoms with Crippen molar-refractivity contribution in [3.8, 4) is 22.6 Å². The monoisotopic (exact) mass is 400 g/mol. The van der Waals surface area contributed by atoms with Crippen molar-refractivity contribution in [1.29, 1.82) is 0 Å². The largest absolute Gasteiger partial charge is 0.508 e. The summed E-state index contributed by atoms with van der Waals surface area (Å²) in [7, 11) is 1.63. The van der Waals surface area contributed by atoms with E-state index in [9.17, 15) is 9.90 Å². The molecule has 0 saturated heterocycles. The number of carbonyl (C=O) groups is 1. The molecule has 7 nitrogen and oxygen atoms in total. The van der Waals surface area contributed by atoms with Gasteiger partial charge in [-0.1, -0.05) is 30.3 Å². The van der Waals surface area contributed by atoms with Crippen molar-refractivity contribution >= 4 is 11.4 Å². The van der Waals surface area contributed by atoms with Crippen LogP contribution in [0.5, 0.6) is 11.5 Å².